The lowest BCUT2D eigenvalue weighted by Crippen LogP contribution is -2.10. The van der Waals surface area contributed by atoms with Crippen LogP contribution < -0.4 is 0 Å². The Bertz CT molecular complexity index is 841. The van der Waals surface area contributed by atoms with Gasteiger partial charge in [-0.2, -0.15) is 25.3 Å². The van der Waals surface area contributed by atoms with Crippen molar-refractivity contribution in [3.8, 4) is 0 Å². The van der Waals surface area contributed by atoms with E-state index in [1.807, 2.05) is 0 Å². The van der Waals surface area contributed by atoms with E-state index in [1.165, 1.54) is 12.1 Å². The third kappa shape index (κ3) is 4.28. The van der Waals surface area contributed by atoms with Gasteiger partial charge in [0.25, 0.3) is 0 Å². The number of rotatable bonds is 8. The van der Waals surface area contributed by atoms with Gasteiger partial charge in [0.05, 0.1) is 21.3 Å². The molecule has 0 amide bonds. The Kier molecular flexibility index (Phi) is 6.64. The molecule has 0 heterocycles. The largest absolute Gasteiger partial charge is 0.224 e. The van der Waals surface area contributed by atoms with Crippen LogP contribution in [0.15, 0.2) is 46.2 Å². The van der Waals surface area contributed by atoms with Gasteiger partial charge in [-0.15, -0.1) is 0 Å². The van der Waals surface area contributed by atoms with E-state index in [9.17, 15) is 16.8 Å². The van der Waals surface area contributed by atoms with Gasteiger partial charge < -0.3 is 0 Å². The molecule has 2 aromatic rings. The molecule has 0 bridgehead atoms. The van der Waals surface area contributed by atoms with Crippen LogP contribution in [0.25, 0.3) is 10.8 Å². The third-order valence-electron chi connectivity index (χ3n) is 3.65. The highest BCUT2D eigenvalue weighted by molar-refractivity contribution is 7.92. The normalized spacial score (nSPS) is 12.6. The van der Waals surface area contributed by atoms with Gasteiger partial charge in [0, 0.05) is 10.8 Å². The average molecular weight is 405 g/mol. The highest BCUT2D eigenvalue weighted by Crippen LogP contribution is 2.30. The Hall–Kier alpha value is -0.700. The van der Waals surface area contributed by atoms with E-state index in [-0.39, 0.29) is 21.3 Å². The molecule has 132 valence electrons. The van der Waals surface area contributed by atoms with E-state index in [2.05, 4.69) is 25.3 Å². The monoisotopic (exact) mass is 404 g/mol. The summed E-state index contributed by atoms with van der Waals surface area (Å²) < 4.78 is 50.2. The Morgan fingerprint density at radius 1 is 0.667 bits per heavy atom. The maximum Gasteiger partial charge on any atom is 0.179 e. The van der Waals surface area contributed by atoms with Crippen LogP contribution in [0.3, 0.4) is 0 Å². The van der Waals surface area contributed by atoms with Crippen LogP contribution in [-0.2, 0) is 19.7 Å². The molecule has 0 atom stereocenters. The first-order valence-corrected chi connectivity index (χ1v) is 12.1. The lowest BCUT2D eigenvalue weighted by Gasteiger charge is -2.11. The molecule has 0 unspecified atom stereocenters. The lowest BCUT2D eigenvalue weighted by atomic mass is 10.1. The SMILES string of the molecule is O=S(=O)(CCCS)c1cccc2c(S(=O)(=O)CCCS)cccc12. The maximum absolute atomic E-state index is 12.5. The summed E-state index contributed by atoms with van der Waals surface area (Å²) in [5.74, 6) is 0.944. The molecule has 0 aliphatic rings. The van der Waals surface area contributed by atoms with Crippen molar-refractivity contribution in [2.24, 2.45) is 0 Å². The fourth-order valence-electron chi connectivity index (χ4n) is 2.52. The quantitative estimate of drug-likeness (QED) is 0.664. The second-order valence-corrected chi connectivity index (χ2v) is 10.4. The van der Waals surface area contributed by atoms with Crippen molar-refractivity contribution >= 4 is 55.7 Å². The lowest BCUT2D eigenvalue weighted by molar-refractivity contribution is 0.593. The minimum atomic E-state index is -3.48. The molecule has 4 nitrogen and oxygen atoms in total. The molecular formula is C16H20O4S4. The molecule has 0 N–H and O–H groups in total. The Balaban J connectivity index is 2.63. The van der Waals surface area contributed by atoms with E-state index in [0.717, 1.165) is 0 Å². The average Bonchev–Trinajstić information content (AvgIpc) is 2.57. The molecule has 0 saturated heterocycles. The number of benzene rings is 2. The molecule has 24 heavy (non-hydrogen) atoms. The summed E-state index contributed by atoms with van der Waals surface area (Å²) in [7, 11) is -6.97. The summed E-state index contributed by atoms with van der Waals surface area (Å²) >= 11 is 8.11. The highest BCUT2D eigenvalue weighted by atomic mass is 32.2. The topological polar surface area (TPSA) is 68.3 Å². The number of hydrogen-bond acceptors (Lipinski definition) is 6. The summed E-state index contributed by atoms with van der Waals surface area (Å²) in [6.07, 6.45) is 0.892. The van der Waals surface area contributed by atoms with Crippen LogP contribution in [0.2, 0.25) is 0 Å². The van der Waals surface area contributed by atoms with Gasteiger partial charge in [-0.3, -0.25) is 0 Å². The summed E-state index contributed by atoms with van der Waals surface area (Å²) in [5, 5.41) is 0.896. The Morgan fingerprint density at radius 2 is 1.04 bits per heavy atom. The number of fused-ring (bicyclic) bond motifs is 1. The van der Waals surface area contributed by atoms with Crippen LogP contribution in [0.1, 0.15) is 12.8 Å². The van der Waals surface area contributed by atoms with E-state index in [1.54, 1.807) is 24.3 Å². The second-order valence-electron chi connectivity index (χ2n) is 5.40. The zero-order chi connectivity index (χ0) is 17.8. The predicted molar refractivity (Wildman–Crippen MR) is 105 cm³/mol. The van der Waals surface area contributed by atoms with Crippen molar-refractivity contribution < 1.29 is 16.8 Å². The first-order chi connectivity index (χ1) is 11.3. The minimum absolute atomic E-state index is 0.00769. The smallest absolute Gasteiger partial charge is 0.179 e. The van der Waals surface area contributed by atoms with Crippen molar-refractivity contribution in [2.75, 3.05) is 23.0 Å². The molecule has 0 aliphatic carbocycles. The fraction of sp³-hybridized carbons (Fsp3) is 0.375. The number of sulfone groups is 2. The van der Waals surface area contributed by atoms with Crippen LogP contribution in [0.4, 0.5) is 0 Å². The zero-order valence-electron chi connectivity index (χ0n) is 13.1. The molecule has 0 spiro atoms. The number of hydrogen-bond donors (Lipinski definition) is 2. The van der Waals surface area contributed by atoms with Gasteiger partial charge in [-0.25, -0.2) is 16.8 Å². The van der Waals surface area contributed by atoms with E-state index in [0.29, 0.717) is 35.1 Å². The van der Waals surface area contributed by atoms with Gasteiger partial charge in [0.15, 0.2) is 19.7 Å². The summed E-state index contributed by atoms with van der Waals surface area (Å²) in [6, 6.07) is 9.54. The molecule has 0 aromatic heterocycles. The summed E-state index contributed by atoms with van der Waals surface area (Å²) in [4.78, 5) is 0.348. The van der Waals surface area contributed by atoms with Gasteiger partial charge in [-0.05, 0) is 36.5 Å². The molecular weight excluding hydrogens is 384 g/mol. The molecule has 0 aliphatic heterocycles. The molecule has 0 radical (unpaired) electrons. The van der Waals surface area contributed by atoms with Crippen molar-refractivity contribution in [3.63, 3.8) is 0 Å². The van der Waals surface area contributed by atoms with Crippen LogP contribution in [0, 0.1) is 0 Å². The van der Waals surface area contributed by atoms with Crippen LogP contribution in [-0.4, -0.2) is 39.8 Å². The first kappa shape index (κ1) is 19.6. The second kappa shape index (κ2) is 8.12. The van der Waals surface area contributed by atoms with Crippen LogP contribution >= 0.6 is 25.3 Å². The van der Waals surface area contributed by atoms with Crippen molar-refractivity contribution in [3.05, 3.63) is 36.4 Å². The number of thiol groups is 2. The summed E-state index contributed by atoms with van der Waals surface area (Å²) in [6.45, 7) is 0. The fourth-order valence-corrected chi connectivity index (χ4v) is 6.35. The predicted octanol–water partition coefficient (Wildman–Crippen LogP) is 3.03. The van der Waals surface area contributed by atoms with E-state index < -0.39 is 19.7 Å². The van der Waals surface area contributed by atoms with Gasteiger partial charge in [0.2, 0.25) is 0 Å². The van der Waals surface area contributed by atoms with E-state index >= 15 is 0 Å². The van der Waals surface area contributed by atoms with Crippen LogP contribution in [0.5, 0.6) is 0 Å². The zero-order valence-corrected chi connectivity index (χ0v) is 16.5. The molecule has 0 saturated carbocycles. The van der Waals surface area contributed by atoms with Crippen molar-refractivity contribution in [1.29, 1.82) is 0 Å². The maximum atomic E-state index is 12.5. The highest BCUT2D eigenvalue weighted by Gasteiger charge is 2.21. The summed E-state index contributed by atoms with van der Waals surface area (Å²) in [5.41, 5.74) is 0. The molecule has 0 fully saturated rings. The van der Waals surface area contributed by atoms with Crippen molar-refractivity contribution in [2.45, 2.75) is 22.6 Å². The standard InChI is InChI=1S/C16H20O4S4/c17-23(18,11-3-9-21)15-7-1-5-13-14(15)6-2-8-16(13)24(19,20)12-4-10-22/h1-2,5-8,21-22H,3-4,9-12H2. The molecule has 2 aromatic carbocycles. The van der Waals surface area contributed by atoms with Gasteiger partial charge in [0.1, 0.15) is 0 Å². The third-order valence-corrected chi connectivity index (χ3v) is 7.99. The molecule has 2 rings (SSSR count). The minimum Gasteiger partial charge on any atom is -0.224 e. The molecule has 8 heteroatoms. The first-order valence-electron chi connectivity index (χ1n) is 7.52. The Morgan fingerprint density at radius 3 is 1.38 bits per heavy atom. The van der Waals surface area contributed by atoms with Gasteiger partial charge >= 0.3 is 0 Å². The Labute approximate surface area is 154 Å². The van der Waals surface area contributed by atoms with Gasteiger partial charge in [-0.1, -0.05) is 24.3 Å². The van der Waals surface area contributed by atoms with Crippen molar-refractivity contribution in [1.82, 2.24) is 0 Å². The van der Waals surface area contributed by atoms with E-state index in [4.69, 9.17) is 0 Å².